The van der Waals surface area contributed by atoms with E-state index in [1.165, 1.54) is 64.2 Å². The minimum atomic E-state index is -1.43. The third kappa shape index (κ3) is 2.66. The van der Waals surface area contributed by atoms with Crippen molar-refractivity contribution in [1.29, 1.82) is 0 Å². The highest BCUT2D eigenvalue weighted by Crippen LogP contribution is 2.66. The summed E-state index contributed by atoms with van der Waals surface area (Å²) in [5.41, 5.74) is 1.17. The molecule has 4 rings (SSSR count). The molecule has 4 fully saturated rings. The minimum Gasteiger partial charge on any atom is -0.414 e. The Hall–Kier alpha value is 0.177. The molecule has 7 atom stereocenters. The molecular formula is C22H40OSi. The lowest BCUT2D eigenvalue weighted by atomic mass is 9.45. The van der Waals surface area contributed by atoms with Gasteiger partial charge in [0.25, 0.3) is 0 Å². The van der Waals surface area contributed by atoms with Crippen LogP contribution in [0, 0.1) is 34.5 Å². The van der Waals surface area contributed by atoms with Gasteiger partial charge in [-0.3, -0.25) is 0 Å². The van der Waals surface area contributed by atoms with Crippen LogP contribution in [-0.4, -0.2) is 14.4 Å². The molecular weight excluding hydrogens is 308 g/mol. The smallest absolute Gasteiger partial charge is 0.184 e. The predicted molar refractivity (Wildman–Crippen MR) is 105 cm³/mol. The second-order valence-corrected chi connectivity index (χ2v) is 15.7. The third-order valence-electron chi connectivity index (χ3n) is 8.99. The first-order valence-corrected chi connectivity index (χ1v) is 14.3. The molecule has 0 radical (unpaired) electrons. The van der Waals surface area contributed by atoms with Gasteiger partial charge in [0.15, 0.2) is 8.32 Å². The molecule has 0 bridgehead atoms. The van der Waals surface area contributed by atoms with E-state index < -0.39 is 8.32 Å². The van der Waals surface area contributed by atoms with Crippen LogP contribution in [0.5, 0.6) is 0 Å². The van der Waals surface area contributed by atoms with E-state index in [1.54, 1.807) is 0 Å². The molecule has 0 spiro atoms. The number of rotatable bonds is 2. The van der Waals surface area contributed by atoms with Crippen molar-refractivity contribution < 1.29 is 4.43 Å². The fraction of sp³-hybridized carbons (Fsp3) is 1.00. The van der Waals surface area contributed by atoms with Crippen LogP contribution in [-0.2, 0) is 4.43 Å². The lowest BCUT2D eigenvalue weighted by Crippen LogP contribution is -2.54. The average Bonchev–Trinajstić information content (AvgIpc) is 2.82. The normalized spacial score (nSPS) is 51.6. The van der Waals surface area contributed by atoms with Gasteiger partial charge in [-0.15, -0.1) is 0 Å². The molecule has 4 aliphatic carbocycles. The zero-order valence-electron chi connectivity index (χ0n) is 16.9. The maximum atomic E-state index is 6.72. The van der Waals surface area contributed by atoms with Gasteiger partial charge >= 0.3 is 0 Å². The zero-order chi connectivity index (χ0) is 17.2. The molecule has 4 aliphatic rings. The Balaban J connectivity index is 1.57. The Morgan fingerprint density at radius 1 is 0.750 bits per heavy atom. The molecule has 0 aromatic rings. The van der Waals surface area contributed by atoms with E-state index in [2.05, 4.69) is 33.5 Å². The molecule has 0 amide bonds. The molecule has 0 unspecified atom stereocenters. The van der Waals surface area contributed by atoms with Crippen LogP contribution in [0.1, 0.15) is 78.1 Å². The molecule has 0 aromatic carbocycles. The fourth-order valence-electron chi connectivity index (χ4n) is 7.87. The first kappa shape index (κ1) is 17.6. The highest BCUT2D eigenvalue weighted by atomic mass is 28.4. The van der Waals surface area contributed by atoms with Crippen molar-refractivity contribution >= 4 is 8.32 Å². The van der Waals surface area contributed by atoms with Crippen molar-refractivity contribution in [2.24, 2.45) is 34.5 Å². The minimum absolute atomic E-state index is 0.485. The molecule has 0 N–H and O–H groups in total. The summed E-state index contributed by atoms with van der Waals surface area (Å²) in [6, 6.07) is 0. The summed E-state index contributed by atoms with van der Waals surface area (Å²) in [6.07, 6.45) is 15.4. The second kappa shape index (κ2) is 5.84. The second-order valence-electron chi connectivity index (χ2n) is 11.2. The van der Waals surface area contributed by atoms with E-state index in [0.29, 0.717) is 16.9 Å². The monoisotopic (exact) mass is 348 g/mol. The molecule has 24 heavy (non-hydrogen) atoms. The van der Waals surface area contributed by atoms with Gasteiger partial charge < -0.3 is 4.43 Å². The van der Waals surface area contributed by atoms with E-state index in [-0.39, 0.29) is 0 Å². The quantitative estimate of drug-likeness (QED) is 0.508. The van der Waals surface area contributed by atoms with Crippen molar-refractivity contribution in [3.05, 3.63) is 0 Å². The molecule has 138 valence electrons. The van der Waals surface area contributed by atoms with Crippen LogP contribution in [0.3, 0.4) is 0 Å². The van der Waals surface area contributed by atoms with Crippen LogP contribution in [0.4, 0.5) is 0 Å². The van der Waals surface area contributed by atoms with Crippen LogP contribution in [0.15, 0.2) is 0 Å². The van der Waals surface area contributed by atoms with Gasteiger partial charge in [-0.2, -0.15) is 0 Å². The maximum Gasteiger partial charge on any atom is 0.184 e. The predicted octanol–water partition coefficient (Wildman–Crippen LogP) is 6.64. The Morgan fingerprint density at radius 3 is 2.25 bits per heavy atom. The van der Waals surface area contributed by atoms with E-state index in [1.807, 2.05) is 0 Å². The standard InChI is InChI=1S/C22H40OSi/c1-21-14-7-6-8-16(21)9-10-17-18-11-12-20(23-24(3,4)5)22(18,2)15-13-19(17)21/h16-20H,6-15H2,1-5H3/t16-,17-,18-,19-,20-,21-,22-/m0/s1. The molecule has 2 heteroatoms. The van der Waals surface area contributed by atoms with Crippen LogP contribution in [0.25, 0.3) is 0 Å². The van der Waals surface area contributed by atoms with Crippen molar-refractivity contribution in [3.8, 4) is 0 Å². The highest BCUT2D eigenvalue weighted by molar-refractivity contribution is 6.69. The molecule has 0 aromatic heterocycles. The van der Waals surface area contributed by atoms with Gasteiger partial charge in [0, 0.05) is 0 Å². The van der Waals surface area contributed by atoms with Gasteiger partial charge in [0.1, 0.15) is 0 Å². The maximum absolute atomic E-state index is 6.72. The van der Waals surface area contributed by atoms with Gasteiger partial charge in [-0.05, 0) is 106 Å². The number of fused-ring (bicyclic) bond motifs is 5. The number of hydrogen-bond acceptors (Lipinski definition) is 1. The number of hydrogen-bond donors (Lipinski definition) is 0. The summed E-state index contributed by atoms with van der Waals surface area (Å²) < 4.78 is 6.72. The van der Waals surface area contributed by atoms with Gasteiger partial charge in [-0.25, -0.2) is 0 Å². The Labute approximate surface area is 151 Å². The Kier molecular flexibility index (Phi) is 4.28. The highest BCUT2D eigenvalue weighted by Gasteiger charge is 2.60. The molecule has 0 heterocycles. The molecule has 0 aliphatic heterocycles. The summed E-state index contributed by atoms with van der Waals surface area (Å²) in [6.45, 7) is 12.4. The molecule has 1 nitrogen and oxygen atoms in total. The van der Waals surface area contributed by atoms with Gasteiger partial charge in [-0.1, -0.05) is 26.7 Å². The Morgan fingerprint density at radius 2 is 1.50 bits per heavy atom. The van der Waals surface area contributed by atoms with Gasteiger partial charge in [0.2, 0.25) is 0 Å². The summed E-state index contributed by atoms with van der Waals surface area (Å²) in [5.74, 6) is 4.04. The summed E-state index contributed by atoms with van der Waals surface area (Å²) in [5, 5.41) is 0. The van der Waals surface area contributed by atoms with E-state index >= 15 is 0 Å². The van der Waals surface area contributed by atoms with Crippen molar-refractivity contribution in [2.45, 2.75) is 104 Å². The van der Waals surface area contributed by atoms with Crippen molar-refractivity contribution in [2.75, 3.05) is 0 Å². The zero-order valence-corrected chi connectivity index (χ0v) is 17.9. The van der Waals surface area contributed by atoms with E-state index in [0.717, 1.165) is 23.7 Å². The van der Waals surface area contributed by atoms with Crippen LogP contribution >= 0.6 is 0 Å². The molecule has 4 saturated carbocycles. The first-order valence-electron chi connectivity index (χ1n) is 10.9. The van der Waals surface area contributed by atoms with Crippen LogP contribution < -0.4 is 0 Å². The topological polar surface area (TPSA) is 9.23 Å². The fourth-order valence-corrected chi connectivity index (χ4v) is 9.11. The third-order valence-corrected chi connectivity index (χ3v) is 9.98. The SMILES string of the molecule is C[C@]12CCCC[C@H]1CC[C@@H]1[C@@H]2CC[C@]2(C)[C@@H](O[Si](C)(C)C)CC[C@@H]12. The van der Waals surface area contributed by atoms with Crippen molar-refractivity contribution in [1.82, 2.24) is 0 Å². The van der Waals surface area contributed by atoms with E-state index in [9.17, 15) is 0 Å². The largest absolute Gasteiger partial charge is 0.414 e. The van der Waals surface area contributed by atoms with Crippen LogP contribution in [0.2, 0.25) is 19.6 Å². The Bertz CT molecular complexity index is 483. The lowest BCUT2D eigenvalue weighted by Gasteiger charge is -2.60. The van der Waals surface area contributed by atoms with E-state index in [4.69, 9.17) is 4.43 Å². The van der Waals surface area contributed by atoms with Gasteiger partial charge in [0.05, 0.1) is 6.10 Å². The first-order chi connectivity index (χ1) is 11.2. The summed E-state index contributed by atoms with van der Waals surface area (Å²) in [7, 11) is -1.43. The van der Waals surface area contributed by atoms with Crippen molar-refractivity contribution in [3.63, 3.8) is 0 Å². The summed E-state index contributed by atoms with van der Waals surface area (Å²) in [4.78, 5) is 0. The summed E-state index contributed by atoms with van der Waals surface area (Å²) >= 11 is 0. The molecule has 0 saturated heterocycles. The average molecular weight is 349 g/mol. The lowest BCUT2D eigenvalue weighted by molar-refractivity contribution is -0.118.